The number of carbonyl (C=O) groups excluding carboxylic acids is 1. The third kappa shape index (κ3) is 20.0. The first-order valence-electron chi connectivity index (χ1n) is 11.4. The van der Waals surface area contributed by atoms with E-state index in [1.807, 2.05) is 12.2 Å². The van der Waals surface area contributed by atoms with E-state index in [1.165, 1.54) is 0 Å². The molecule has 0 saturated carbocycles. The maximum atomic E-state index is 11.8. The van der Waals surface area contributed by atoms with Crippen LogP contribution in [0.5, 0.6) is 0 Å². The van der Waals surface area contributed by atoms with Crippen LogP contribution in [0.1, 0.15) is 51.4 Å². The summed E-state index contributed by atoms with van der Waals surface area (Å²) in [5.41, 5.74) is 0. The summed E-state index contributed by atoms with van der Waals surface area (Å²) in [6, 6.07) is 0. The van der Waals surface area contributed by atoms with Crippen LogP contribution in [0.4, 0.5) is 4.79 Å². The van der Waals surface area contributed by atoms with Crippen molar-refractivity contribution in [2.24, 2.45) is 0 Å². The Morgan fingerprint density at radius 3 is 1.41 bits per heavy atom. The lowest BCUT2D eigenvalue weighted by atomic mass is 10.2. The highest BCUT2D eigenvalue weighted by atomic mass is 16.7. The van der Waals surface area contributed by atoms with Gasteiger partial charge in [0.25, 0.3) is 0 Å². The molecule has 0 aromatic rings. The van der Waals surface area contributed by atoms with Crippen LogP contribution in [-0.4, -0.2) is 58.4 Å². The number of carbonyl (C=O) groups is 1. The van der Waals surface area contributed by atoms with Crippen LogP contribution in [-0.2, 0) is 28.4 Å². The van der Waals surface area contributed by atoms with Crippen molar-refractivity contribution in [3.63, 3.8) is 0 Å². The molecule has 0 heterocycles. The van der Waals surface area contributed by atoms with Crippen molar-refractivity contribution >= 4 is 6.16 Å². The Hall–Kier alpha value is -1.93. The van der Waals surface area contributed by atoms with Crippen LogP contribution in [0, 0.1) is 0 Å². The second kappa shape index (κ2) is 23.7. The largest absolute Gasteiger partial charge is 0.508 e. The minimum atomic E-state index is -0.744. The molecule has 0 N–H and O–H groups in total. The number of hydrogen-bond acceptors (Lipinski definition) is 7. The van der Waals surface area contributed by atoms with Crippen molar-refractivity contribution in [2.75, 3.05) is 39.6 Å². The molecule has 7 nitrogen and oxygen atoms in total. The fourth-order valence-electron chi connectivity index (χ4n) is 2.51. The van der Waals surface area contributed by atoms with Gasteiger partial charge in [-0.25, -0.2) is 4.79 Å². The summed E-state index contributed by atoms with van der Waals surface area (Å²) >= 11 is 0. The molecule has 7 heteroatoms. The predicted molar refractivity (Wildman–Crippen MR) is 126 cm³/mol. The van der Waals surface area contributed by atoms with E-state index in [0.717, 1.165) is 38.5 Å². The van der Waals surface area contributed by atoms with E-state index in [2.05, 4.69) is 26.3 Å². The Morgan fingerprint density at radius 1 is 0.594 bits per heavy atom. The van der Waals surface area contributed by atoms with Crippen molar-refractivity contribution in [2.45, 2.75) is 63.9 Å². The van der Waals surface area contributed by atoms with E-state index in [9.17, 15) is 4.79 Å². The number of hydrogen-bond donors (Lipinski definition) is 0. The number of rotatable bonds is 24. The summed E-state index contributed by atoms with van der Waals surface area (Å²) in [4.78, 5) is 11.8. The maximum Gasteiger partial charge on any atom is 0.508 e. The lowest BCUT2D eigenvalue weighted by molar-refractivity contribution is -0.147. The Kier molecular flexibility index (Phi) is 22.3. The third-order valence-corrected chi connectivity index (χ3v) is 4.16. The Labute approximate surface area is 194 Å². The highest BCUT2D eigenvalue weighted by molar-refractivity contribution is 5.59. The molecule has 0 aliphatic carbocycles. The summed E-state index contributed by atoms with van der Waals surface area (Å²) in [6.45, 7) is 16.8. The molecule has 0 amide bonds. The summed E-state index contributed by atoms with van der Waals surface area (Å²) in [5, 5.41) is 0. The number of allylic oxidation sites excluding steroid dienone is 2. The minimum absolute atomic E-state index is 0.128. The van der Waals surface area contributed by atoms with Gasteiger partial charge in [0, 0.05) is 26.1 Å². The summed E-state index contributed by atoms with van der Waals surface area (Å²) in [7, 11) is 0. The molecule has 0 bridgehead atoms. The predicted octanol–water partition coefficient (Wildman–Crippen LogP) is 5.72. The van der Waals surface area contributed by atoms with E-state index < -0.39 is 18.7 Å². The number of unbranched alkanes of at least 4 members (excludes halogenated alkanes) is 4. The monoisotopic (exact) mass is 454 g/mol. The molecule has 0 aromatic carbocycles. The van der Waals surface area contributed by atoms with E-state index in [4.69, 9.17) is 28.4 Å². The summed E-state index contributed by atoms with van der Waals surface area (Å²) in [5.74, 6) is 0. The molecule has 0 fully saturated rings. The van der Waals surface area contributed by atoms with Crippen LogP contribution < -0.4 is 0 Å². The zero-order valence-electron chi connectivity index (χ0n) is 19.5. The zero-order valence-corrected chi connectivity index (χ0v) is 19.5. The van der Waals surface area contributed by atoms with Crippen LogP contribution in [0.3, 0.4) is 0 Å². The van der Waals surface area contributed by atoms with E-state index in [1.54, 1.807) is 12.2 Å². The fourth-order valence-corrected chi connectivity index (χ4v) is 2.51. The molecule has 2 atom stereocenters. The topological polar surface area (TPSA) is 72.5 Å². The highest BCUT2D eigenvalue weighted by Gasteiger charge is 2.14. The standard InChI is InChI=1S/C25H42O7/c1-5-9-11-13-19-29-23(27-17-7-3)15-21-31-25(26)32-22-16-24(28-18-8-4)30-20-14-12-10-6-2/h5-8,23-24H,1-4,9-22H2. The molecule has 0 rings (SSSR count). The first-order chi connectivity index (χ1) is 15.7. The van der Waals surface area contributed by atoms with Gasteiger partial charge in [-0.3, -0.25) is 0 Å². The van der Waals surface area contributed by atoms with Crippen molar-refractivity contribution < 1.29 is 33.2 Å². The van der Waals surface area contributed by atoms with Crippen molar-refractivity contribution in [1.82, 2.24) is 0 Å². The SMILES string of the molecule is C=CCCCCOC(CCOC(=O)OCCC(OCC=C)OCCCCC=C)OCC=C. The van der Waals surface area contributed by atoms with Gasteiger partial charge >= 0.3 is 6.16 Å². The molecule has 0 aliphatic rings. The zero-order chi connectivity index (χ0) is 23.7. The number of ether oxygens (including phenoxy) is 6. The van der Waals surface area contributed by atoms with Gasteiger partial charge in [-0.2, -0.15) is 0 Å². The van der Waals surface area contributed by atoms with Crippen molar-refractivity contribution in [3.05, 3.63) is 50.6 Å². The summed E-state index contributed by atoms with van der Waals surface area (Å²) in [6.07, 6.45) is 12.0. The molecule has 0 aromatic heterocycles. The lowest BCUT2D eigenvalue weighted by Gasteiger charge is -2.19. The Bertz CT molecular complexity index is 451. The van der Waals surface area contributed by atoms with Gasteiger partial charge in [0.05, 0.1) is 26.4 Å². The maximum absolute atomic E-state index is 11.8. The minimum Gasteiger partial charge on any atom is -0.434 e. The molecule has 0 spiro atoms. The Balaban J connectivity index is 4.08. The quantitative estimate of drug-likeness (QED) is 0.0799. The van der Waals surface area contributed by atoms with Gasteiger partial charge in [0.2, 0.25) is 0 Å². The van der Waals surface area contributed by atoms with E-state index in [0.29, 0.717) is 39.3 Å². The first-order valence-corrected chi connectivity index (χ1v) is 11.4. The molecule has 0 saturated heterocycles. The molecular weight excluding hydrogens is 412 g/mol. The molecular formula is C25H42O7. The summed E-state index contributed by atoms with van der Waals surface area (Å²) < 4.78 is 32.7. The van der Waals surface area contributed by atoms with Crippen LogP contribution in [0.25, 0.3) is 0 Å². The van der Waals surface area contributed by atoms with Gasteiger partial charge in [0.15, 0.2) is 12.6 Å². The normalized spacial score (nSPS) is 12.5. The lowest BCUT2D eigenvalue weighted by Crippen LogP contribution is -2.23. The smallest absolute Gasteiger partial charge is 0.434 e. The molecule has 2 unspecified atom stereocenters. The van der Waals surface area contributed by atoms with E-state index in [-0.39, 0.29) is 13.2 Å². The fraction of sp³-hybridized carbons (Fsp3) is 0.640. The molecule has 0 radical (unpaired) electrons. The van der Waals surface area contributed by atoms with Gasteiger partial charge in [0.1, 0.15) is 0 Å². The van der Waals surface area contributed by atoms with Crippen LogP contribution in [0.15, 0.2) is 50.6 Å². The van der Waals surface area contributed by atoms with Gasteiger partial charge in [-0.05, 0) is 38.5 Å². The molecule has 184 valence electrons. The van der Waals surface area contributed by atoms with Gasteiger partial charge in [-0.15, -0.1) is 26.3 Å². The second-order valence-electron chi connectivity index (χ2n) is 6.94. The third-order valence-electron chi connectivity index (χ3n) is 4.16. The van der Waals surface area contributed by atoms with Crippen LogP contribution >= 0.6 is 0 Å². The van der Waals surface area contributed by atoms with Crippen LogP contribution in [0.2, 0.25) is 0 Å². The van der Waals surface area contributed by atoms with E-state index >= 15 is 0 Å². The average molecular weight is 455 g/mol. The molecule has 32 heavy (non-hydrogen) atoms. The first kappa shape index (κ1) is 30.1. The molecule has 0 aliphatic heterocycles. The average Bonchev–Trinajstić information content (AvgIpc) is 2.79. The van der Waals surface area contributed by atoms with Gasteiger partial charge < -0.3 is 28.4 Å². The van der Waals surface area contributed by atoms with Gasteiger partial charge in [-0.1, -0.05) is 24.3 Å². The second-order valence-corrected chi connectivity index (χ2v) is 6.94. The van der Waals surface area contributed by atoms with Crippen molar-refractivity contribution in [3.8, 4) is 0 Å². The van der Waals surface area contributed by atoms with Crippen molar-refractivity contribution in [1.29, 1.82) is 0 Å². The highest BCUT2D eigenvalue weighted by Crippen LogP contribution is 2.07. The Morgan fingerprint density at radius 2 is 1.03 bits per heavy atom.